The maximum Gasteiger partial charge on any atom is 4.00 e. The van der Waals surface area contributed by atoms with Crippen molar-refractivity contribution in [3.63, 3.8) is 0 Å². The first-order chi connectivity index (χ1) is 18.6. The first-order valence-electron chi connectivity index (χ1n) is 11.4. The van der Waals surface area contributed by atoms with Gasteiger partial charge in [-0.2, -0.15) is 0 Å². The van der Waals surface area contributed by atoms with Crippen LogP contribution in [0.4, 0.5) is 11.6 Å². The Labute approximate surface area is 250 Å². The van der Waals surface area contributed by atoms with E-state index in [0.717, 1.165) is 12.4 Å². The smallest absolute Gasteiger partial charge is 2.00 e. The van der Waals surface area contributed by atoms with E-state index in [1.54, 1.807) is 13.8 Å². The fourth-order valence-corrected chi connectivity index (χ4v) is 3.15. The molecule has 2 heterocycles. The molecule has 0 aliphatic heterocycles. The quantitative estimate of drug-likeness (QED) is 0.107. The Morgan fingerprint density at radius 3 is 1.38 bits per heavy atom. The second-order valence-electron chi connectivity index (χ2n) is 8.09. The Bertz CT molecular complexity index is 1160. The van der Waals surface area contributed by atoms with Gasteiger partial charge in [0.1, 0.15) is 25.5 Å². The van der Waals surface area contributed by atoms with Crippen LogP contribution in [0.25, 0.3) is 0 Å². The van der Waals surface area contributed by atoms with Crippen molar-refractivity contribution >= 4 is 35.4 Å². The summed E-state index contributed by atoms with van der Waals surface area (Å²) < 4.78 is 2.65. The van der Waals surface area contributed by atoms with Crippen LogP contribution in [0.3, 0.4) is 0 Å². The number of nitrogens with zero attached hydrogens (tertiary/aromatic N) is 6. The van der Waals surface area contributed by atoms with Crippen LogP contribution in [0.1, 0.15) is 24.5 Å². The molecule has 0 bridgehead atoms. The van der Waals surface area contributed by atoms with Crippen LogP contribution in [0, 0.1) is 34.1 Å². The number of carbonyl (C=O) groups excluding carboxylic acids is 4. The number of nitrogens with two attached hydrogens (primary N) is 2. The van der Waals surface area contributed by atoms with Gasteiger partial charge in [-0.25, -0.2) is 19.1 Å². The van der Waals surface area contributed by atoms with Crippen LogP contribution in [0.2, 0.25) is 0 Å². The Morgan fingerprint density at radius 2 is 1.12 bits per heavy atom. The van der Waals surface area contributed by atoms with Crippen molar-refractivity contribution in [1.82, 2.24) is 29.7 Å². The zero-order chi connectivity index (χ0) is 30.6. The van der Waals surface area contributed by atoms with Gasteiger partial charge >= 0.3 is 31.7 Å². The summed E-state index contributed by atoms with van der Waals surface area (Å²) >= 11 is 0. The number of hydrogen-bond acceptors (Lipinski definition) is 14. The van der Waals surface area contributed by atoms with E-state index >= 15 is 0 Å². The number of aliphatic carboxylic acids is 2. The van der Waals surface area contributed by atoms with E-state index in [4.69, 9.17) is 11.5 Å². The van der Waals surface area contributed by atoms with Gasteiger partial charge in [0.05, 0.1) is 25.2 Å². The molecule has 2 rings (SSSR count). The summed E-state index contributed by atoms with van der Waals surface area (Å²) in [5.41, 5.74) is 10.7. The van der Waals surface area contributed by atoms with Crippen molar-refractivity contribution in [2.24, 2.45) is 11.5 Å². The summed E-state index contributed by atoms with van der Waals surface area (Å²) in [5, 5.41) is 46.8. The summed E-state index contributed by atoms with van der Waals surface area (Å²) in [4.78, 5) is 71.3. The second kappa shape index (κ2) is 18.9. The van der Waals surface area contributed by atoms with Gasteiger partial charge in [0.25, 0.3) is 0 Å². The van der Waals surface area contributed by atoms with Crippen LogP contribution in [-0.4, -0.2) is 77.9 Å². The van der Waals surface area contributed by atoms with E-state index < -0.39 is 58.5 Å². The van der Waals surface area contributed by atoms with E-state index in [1.807, 2.05) is 0 Å². The van der Waals surface area contributed by atoms with E-state index in [9.17, 15) is 49.6 Å². The van der Waals surface area contributed by atoms with Crippen molar-refractivity contribution in [2.45, 2.75) is 51.9 Å². The fraction of sp³-hybridized carbons (Fsp3) is 0.500. The largest absolute Gasteiger partial charge is 4.00 e. The number of hydrogen-bond donors (Lipinski definition) is 4. The molecule has 2 atom stereocenters. The third kappa shape index (κ3) is 12.9. The monoisotopic (exact) mass is 683 g/mol. The molecule has 0 aromatic carbocycles. The summed E-state index contributed by atoms with van der Waals surface area (Å²) in [7, 11) is 0. The van der Waals surface area contributed by atoms with Gasteiger partial charge < -0.3 is 67.6 Å². The molecular weight excluding hydrogens is 655 g/mol. The third-order valence-corrected chi connectivity index (χ3v) is 5.16. The van der Waals surface area contributed by atoms with Crippen LogP contribution in [-0.2, 0) is 57.8 Å². The molecule has 231 valence electrons. The van der Waals surface area contributed by atoms with Gasteiger partial charge in [0.2, 0.25) is 11.8 Å². The molecule has 1 radical (unpaired) electrons. The normalized spacial score (nSPS) is 11.3. The molecule has 0 spiro atoms. The average Bonchev–Trinajstić information content (AvgIpc) is 3.40. The van der Waals surface area contributed by atoms with Crippen LogP contribution in [0.5, 0.6) is 0 Å². The number of amides is 2. The Morgan fingerprint density at radius 1 is 0.810 bits per heavy atom. The first kappa shape index (κ1) is 39.8. The Hall–Kier alpha value is -4.37. The number of carboxylic acid groups (broad SMARTS) is 2. The number of rotatable bonds is 14. The van der Waals surface area contributed by atoms with Gasteiger partial charge in [0.15, 0.2) is 11.6 Å². The number of imidazole rings is 2. The number of aryl methyl sites for hydroxylation is 2. The number of nitro groups is 2. The second-order valence-corrected chi connectivity index (χ2v) is 8.09. The molecule has 0 saturated carbocycles. The minimum absolute atomic E-state index is 0. The standard InChI is InChI=1S/2C10H15N5O5.O.Tc/c2*1-6-13-5-8(15(19)20)14(6)3-2-12-10(18)7(11)4-9(16)17;;/h2*5,7H,2-4,11H2,1H3,(H,12,18)(H,16,17);;/q;;-2;+4/p-2/i;;;1+1. The zero-order valence-corrected chi connectivity index (χ0v) is 24.1. The topological polar surface area (TPSA) is 341 Å². The molecule has 42 heavy (non-hydrogen) atoms. The molecule has 0 aliphatic carbocycles. The Kier molecular flexibility index (Phi) is 17.9. The molecule has 0 saturated heterocycles. The van der Waals surface area contributed by atoms with E-state index in [0.29, 0.717) is 11.6 Å². The van der Waals surface area contributed by atoms with Crippen molar-refractivity contribution < 1.29 is 64.8 Å². The molecule has 6 N–H and O–H groups in total. The van der Waals surface area contributed by atoms with Gasteiger partial charge in [0, 0.05) is 38.6 Å². The predicted octanol–water partition coefficient (Wildman–Crippen LogP) is -4.75. The maximum absolute atomic E-state index is 11.4. The molecule has 21 nitrogen and oxygen atoms in total. The summed E-state index contributed by atoms with van der Waals surface area (Å²) in [6, 6.07) is -2.42. The SMILES string of the molecule is Cc1ncc([N+](=O)[O-])n1CCNC(=O)C(N)CC(=O)[O-].Cc1ncc([N+](=O)[O-])n1CCNC(=O)C(N)CC(=O)[O-].[99Tc+4].[O-2]. The molecular formula is C20H28N10O11Tc. The van der Waals surface area contributed by atoms with E-state index in [-0.39, 0.29) is 63.4 Å². The fourth-order valence-electron chi connectivity index (χ4n) is 3.15. The zero-order valence-electron chi connectivity index (χ0n) is 22.3. The van der Waals surface area contributed by atoms with Crippen LogP contribution >= 0.6 is 0 Å². The van der Waals surface area contributed by atoms with Crippen LogP contribution in [0.15, 0.2) is 12.4 Å². The van der Waals surface area contributed by atoms with Crippen molar-refractivity contribution in [3.8, 4) is 0 Å². The number of aromatic nitrogens is 4. The third-order valence-electron chi connectivity index (χ3n) is 5.16. The van der Waals surface area contributed by atoms with Crippen LogP contribution < -0.4 is 32.3 Å². The maximum atomic E-state index is 11.4. The summed E-state index contributed by atoms with van der Waals surface area (Å²) in [6.45, 7) is 3.58. The average molecular weight is 683 g/mol. The van der Waals surface area contributed by atoms with Gasteiger partial charge in [-0.3, -0.25) is 9.59 Å². The van der Waals surface area contributed by atoms with Crippen molar-refractivity contribution in [1.29, 1.82) is 0 Å². The molecule has 2 unspecified atom stereocenters. The molecule has 2 aromatic heterocycles. The van der Waals surface area contributed by atoms with Gasteiger partial charge in [-0.1, -0.05) is 0 Å². The summed E-state index contributed by atoms with van der Waals surface area (Å²) in [6.07, 6.45) is 1.07. The van der Waals surface area contributed by atoms with Crippen molar-refractivity contribution in [3.05, 3.63) is 44.3 Å². The first-order valence-corrected chi connectivity index (χ1v) is 11.4. The molecule has 0 fully saturated rings. The van der Waals surface area contributed by atoms with E-state index in [2.05, 4.69) is 20.6 Å². The molecule has 22 heteroatoms. The molecule has 2 amide bonds. The van der Waals surface area contributed by atoms with E-state index in [1.165, 1.54) is 9.13 Å². The van der Waals surface area contributed by atoms with Crippen molar-refractivity contribution in [2.75, 3.05) is 13.1 Å². The summed E-state index contributed by atoms with van der Waals surface area (Å²) in [5.74, 6) is -3.66. The predicted molar refractivity (Wildman–Crippen MR) is 129 cm³/mol. The number of nitrogens with one attached hydrogen (secondary N) is 2. The molecule has 2 aromatic rings. The molecule has 0 aliphatic rings. The van der Waals surface area contributed by atoms with Gasteiger partial charge in [-0.15, -0.1) is 0 Å². The number of carboxylic acids is 2. The minimum Gasteiger partial charge on any atom is -2.00 e. The Balaban J connectivity index is 0. The van der Waals surface area contributed by atoms with Gasteiger partial charge in [-0.05, 0) is 9.85 Å². The minimum atomic E-state index is -1.42. The number of carbonyl (C=O) groups is 4.